The predicted octanol–water partition coefficient (Wildman–Crippen LogP) is 4.90. The number of carbonyl (C=O) groups excluding carboxylic acids is 1. The summed E-state index contributed by atoms with van der Waals surface area (Å²) in [6.45, 7) is 3.92. The molecule has 2 aromatic rings. The number of rotatable bonds is 2. The molecule has 2 rings (SSSR count). The van der Waals surface area contributed by atoms with Crippen molar-refractivity contribution < 1.29 is 4.79 Å². The van der Waals surface area contributed by atoms with Crippen molar-refractivity contribution in [2.45, 2.75) is 13.8 Å². The molecule has 0 aliphatic heterocycles. The van der Waals surface area contributed by atoms with E-state index in [0.717, 1.165) is 11.1 Å². The predicted molar refractivity (Wildman–Crippen MR) is 73.7 cm³/mol. The van der Waals surface area contributed by atoms with Gasteiger partial charge in [-0.05, 0) is 31.0 Å². The van der Waals surface area contributed by atoms with Crippen LogP contribution in [0.5, 0.6) is 0 Å². The van der Waals surface area contributed by atoms with Gasteiger partial charge >= 0.3 is 0 Å². The summed E-state index contributed by atoms with van der Waals surface area (Å²) in [5.74, 6) is -0.0700. The second-order valence-electron chi connectivity index (χ2n) is 3.81. The fourth-order valence-electron chi connectivity index (χ4n) is 1.64. The van der Waals surface area contributed by atoms with Gasteiger partial charge < -0.3 is 0 Å². The Bertz CT molecular complexity index is 587. The molecule has 17 heavy (non-hydrogen) atoms. The van der Waals surface area contributed by atoms with Crippen molar-refractivity contribution in [3.8, 4) is 0 Å². The second-order valence-corrected chi connectivity index (χ2v) is 6.10. The number of carbonyl (C=O) groups is 1. The van der Waals surface area contributed by atoms with Crippen LogP contribution in [-0.4, -0.2) is 5.78 Å². The van der Waals surface area contributed by atoms with Crippen LogP contribution >= 0.6 is 34.5 Å². The Balaban J connectivity index is 2.51. The van der Waals surface area contributed by atoms with Gasteiger partial charge in [0, 0.05) is 5.56 Å². The minimum absolute atomic E-state index is 0.0700. The lowest BCUT2D eigenvalue weighted by atomic mass is 9.97. The van der Waals surface area contributed by atoms with Gasteiger partial charge in [0.15, 0.2) is 5.78 Å². The van der Waals surface area contributed by atoms with Crippen molar-refractivity contribution in [1.29, 1.82) is 0 Å². The molecule has 1 aromatic carbocycles. The molecule has 88 valence electrons. The van der Waals surface area contributed by atoms with Gasteiger partial charge in [-0.3, -0.25) is 4.79 Å². The molecule has 0 saturated carbocycles. The second kappa shape index (κ2) is 4.81. The minimum atomic E-state index is -0.0700. The lowest BCUT2D eigenvalue weighted by Crippen LogP contribution is -2.03. The summed E-state index contributed by atoms with van der Waals surface area (Å²) < 4.78 is 0.976. The molecule has 1 heterocycles. The van der Waals surface area contributed by atoms with Crippen LogP contribution in [0.4, 0.5) is 0 Å². The van der Waals surface area contributed by atoms with Crippen molar-refractivity contribution >= 4 is 40.3 Å². The van der Waals surface area contributed by atoms with Gasteiger partial charge in [-0.15, -0.1) is 11.3 Å². The third kappa shape index (κ3) is 2.39. The van der Waals surface area contributed by atoms with Crippen molar-refractivity contribution in [3.05, 3.63) is 55.2 Å². The van der Waals surface area contributed by atoms with E-state index in [4.69, 9.17) is 23.2 Å². The normalized spacial score (nSPS) is 10.6. The zero-order chi connectivity index (χ0) is 12.6. The van der Waals surface area contributed by atoms with Gasteiger partial charge in [0.25, 0.3) is 0 Å². The quantitative estimate of drug-likeness (QED) is 0.717. The van der Waals surface area contributed by atoms with E-state index in [1.165, 1.54) is 11.3 Å². The van der Waals surface area contributed by atoms with Gasteiger partial charge in [0.2, 0.25) is 0 Å². The summed E-state index contributed by atoms with van der Waals surface area (Å²) in [6.07, 6.45) is 0. The molecule has 0 unspecified atom stereocenters. The van der Waals surface area contributed by atoms with Gasteiger partial charge in [0.1, 0.15) is 4.34 Å². The molecule has 0 amide bonds. The Morgan fingerprint density at radius 3 is 2.47 bits per heavy atom. The van der Waals surface area contributed by atoms with Crippen LogP contribution in [0.1, 0.15) is 27.0 Å². The standard InChI is InChI=1S/C13H10Cl2OS/c1-7-4-3-5-9(8(7)2)12(16)10-6-11(14)17-13(10)15/h3-6H,1-2H3. The summed E-state index contributed by atoms with van der Waals surface area (Å²) >= 11 is 13.1. The Morgan fingerprint density at radius 1 is 1.18 bits per heavy atom. The average Bonchev–Trinajstić information content (AvgIpc) is 2.61. The van der Waals surface area contributed by atoms with Crippen LogP contribution < -0.4 is 0 Å². The lowest BCUT2D eigenvalue weighted by Gasteiger charge is -2.06. The maximum atomic E-state index is 12.3. The van der Waals surface area contributed by atoms with E-state index < -0.39 is 0 Å². The van der Waals surface area contributed by atoms with Crippen molar-refractivity contribution in [1.82, 2.24) is 0 Å². The third-order valence-electron chi connectivity index (χ3n) is 2.75. The Hall–Kier alpha value is -0.830. The Kier molecular flexibility index (Phi) is 3.57. The lowest BCUT2D eigenvalue weighted by molar-refractivity contribution is 0.103. The summed E-state index contributed by atoms with van der Waals surface area (Å²) in [6, 6.07) is 7.29. The largest absolute Gasteiger partial charge is 0.289 e. The molecular weight excluding hydrogens is 275 g/mol. The summed E-state index contributed by atoms with van der Waals surface area (Å²) in [4.78, 5) is 12.3. The van der Waals surface area contributed by atoms with E-state index in [1.54, 1.807) is 6.07 Å². The highest BCUT2D eigenvalue weighted by Gasteiger charge is 2.18. The topological polar surface area (TPSA) is 17.1 Å². The van der Waals surface area contributed by atoms with E-state index in [0.29, 0.717) is 19.8 Å². The van der Waals surface area contributed by atoms with Crippen LogP contribution in [0.25, 0.3) is 0 Å². The van der Waals surface area contributed by atoms with Crippen molar-refractivity contribution in [2.24, 2.45) is 0 Å². The molecule has 4 heteroatoms. The first kappa shape index (κ1) is 12.6. The molecule has 0 aliphatic rings. The number of benzene rings is 1. The number of aryl methyl sites for hydroxylation is 1. The molecule has 0 radical (unpaired) electrons. The zero-order valence-electron chi connectivity index (χ0n) is 9.38. The first-order valence-electron chi connectivity index (χ1n) is 5.06. The van der Waals surface area contributed by atoms with E-state index in [1.807, 2.05) is 32.0 Å². The van der Waals surface area contributed by atoms with Gasteiger partial charge in [-0.25, -0.2) is 0 Å². The summed E-state index contributed by atoms with van der Waals surface area (Å²) in [5, 5.41) is 0. The smallest absolute Gasteiger partial charge is 0.195 e. The van der Waals surface area contributed by atoms with Crippen molar-refractivity contribution in [3.63, 3.8) is 0 Å². The van der Waals surface area contributed by atoms with Crippen LogP contribution in [0.3, 0.4) is 0 Å². The molecule has 0 atom stereocenters. The maximum absolute atomic E-state index is 12.3. The van der Waals surface area contributed by atoms with Crippen LogP contribution in [0.15, 0.2) is 24.3 Å². The fraction of sp³-hybridized carbons (Fsp3) is 0.154. The van der Waals surface area contributed by atoms with Crippen molar-refractivity contribution in [2.75, 3.05) is 0 Å². The molecule has 0 aliphatic carbocycles. The maximum Gasteiger partial charge on any atom is 0.195 e. The Labute approximate surface area is 114 Å². The minimum Gasteiger partial charge on any atom is -0.289 e. The van der Waals surface area contributed by atoms with E-state index in [9.17, 15) is 4.79 Å². The van der Waals surface area contributed by atoms with Crippen LogP contribution in [0, 0.1) is 13.8 Å². The highest BCUT2D eigenvalue weighted by atomic mass is 35.5. The van der Waals surface area contributed by atoms with Crippen LogP contribution in [0.2, 0.25) is 8.67 Å². The molecule has 0 spiro atoms. The monoisotopic (exact) mass is 284 g/mol. The highest BCUT2D eigenvalue weighted by Crippen LogP contribution is 2.33. The number of hydrogen-bond acceptors (Lipinski definition) is 2. The summed E-state index contributed by atoms with van der Waals surface area (Å²) in [5.41, 5.74) is 3.24. The zero-order valence-corrected chi connectivity index (χ0v) is 11.7. The first-order chi connectivity index (χ1) is 8.00. The SMILES string of the molecule is Cc1cccc(C(=O)c2cc(Cl)sc2Cl)c1C. The van der Waals surface area contributed by atoms with Gasteiger partial charge in [-0.2, -0.15) is 0 Å². The van der Waals surface area contributed by atoms with E-state index >= 15 is 0 Å². The number of hydrogen-bond donors (Lipinski definition) is 0. The molecule has 0 N–H and O–H groups in total. The van der Waals surface area contributed by atoms with E-state index in [2.05, 4.69) is 0 Å². The summed E-state index contributed by atoms with van der Waals surface area (Å²) in [7, 11) is 0. The van der Waals surface area contributed by atoms with Crippen LogP contribution in [-0.2, 0) is 0 Å². The molecule has 1 nitrogen and oxygen atoms in total. The average molecular weight is 285 g/mol. The molecule has 0 bridgehead atoms. The first-order valence-corrected chi connectivity index (χ1v) is 6.63. The molecule has 0 saturated heterocycles. The van der Waals surface area contributed by atoms with Gasteiger partial charge in [0.05, 0.1) is 9.90 Å². The number of ketones is 1. The fourth-order valence-corrected chi connectivity index (χ4v) is 3.10. The molecule has 1 aromatic heterocycles. The van der Waals surface area contributed by atoms with Gasteiger partial charge in [-0.1, -0.05) is 41.4 Å². The molecular formula is C13H10Cl2OS. The Morgan fingerprint density at radius 2 is 1.88 bits per heavy atom. The molecule has 0 fully saturated rings. The highest BCUT2D eigenvalue weighted by molar-refractivity contribution is 7.20. The number of thiophene rings is 1. The number of halogens is 2. The van der Waals surface area contributed by atoms with E-state index in [-0.39, 0.29) is 5.78 Å². The third-order valence-corrected chi connectivity index (χ3v) is 4.24.